The molecule has 2 heterocycles. The minimum Gasteiger partial charge on any atom is -0.480 e. The van der Waals surface area contributed by atoms with E-state index in [1.165, 1.54) is 7.11 Å². The number of likely N-dealkylation sites (tertiary alicyclic amines) is 1. The molecular formula is C27H29N3O4. The topological polar surface area (TPSA) is 89.5 Å². The van der Waals surface area contributed by atoms with Gasteiger partial charge in [0.1, 0.15) is 17.5 Å². The smallest absolute Gasteiger partial charge is 0.274 e. The van der Waals surface area contributed by atoms with Crippen molar-refractivity contribution in [3.8, 4) is 17.7 Å². The van der Waals surface area contributed by atoms with Gasteiger partial charge >= 0.3 is 0 Å². The summed E-state index contributed by atoms with van der Waals surface area (Å²) < 4.78 is 4.99. The van der Waals surface area contributed by atoms with Crippen LogP contribution in [-0.4, -0.2) is 52.8 Å². The molecule has 0 unspecified atom stereocenters. The van der Waals surface area contributed by atoms with Gasteiger partial charge in [0.25, 0.3) is 5.91 Å². The van der Waals surface area contributed by atoms with Crippen LogP contribution in [0, 0.1) is 31.1 Å². The third kappa shape index (κ3) is 4.45. The molecule has 1 spiro atoms. The van der Waals surface area contributed by atoms with Crippen molar-refractivity contribution < 1.29 is 19.1 Å². The van der Waals surface area contributed by atoms with E-state index in [4.69, 9.17) is 4.74 Å². The monoisotopic (exact) mass is 459 g/mol. The predicted molar refractivity (Wildman–Crippen MR) is 127 cm³/mol. The van der Waals surface area contributed by atoms with Crippen molar-refractivity contribution in [1.82, 2.24) is 15.1 Å². The van der Waals surface area contributed by atoms with Gasteiger partial charge in [-0.1, -0.05) is 5.92 Å². The predicted octanol–water partition coefficient (Wildman–Crippen LogP) is 3.41. The Hall–Kier alpha value is -3.53. The first-order valence-corrected chi connectivity index (χ1v) is 11.5. The number of ketones is 2. The van der Waals surface area contributed by atoms with E-state index in [0.717, 1.165) is 22.3 Å². The highest BCUT2D eigenvalue weighted by atomic mass is 16.5. The van der Waals surface area contributed by atoms with Crippen LogP contribution in [0.4, 0.5) is 0 Å². The van der Waals surface area contributed by atoms with Crippen LogP contribution in [0.5, 0.6) is 5.88 Å². The van der Waals surface area contributed by atoms with Gasteiger partial charge in [0.05, 0.1) is 7.11 Å². The quantitative estimate of drug-likeness (QED) is 0.516. The maximum absolute atomic E-state index is 13.3. The number of Topliss-reactive ketones (excluding diaryl/α,β-unsaturated/α-hetero) is 2. The lowest BCUT2D eigenvalue weighted by atomic mass is 9.62. The molecule has 1 saturated heterocycles. The number of amides is 1. The number of hydrogen-bond donors (Lipinski definition) is 0. The van der Waals surface area contributed by atoms with E-state index in [2.05, 4.69) is 22.0 Å². The lowest BCUT2D eigenvalue weighted by Gasteiger charge is -2.44. The van der Waals surface area contributed by atoms with Crippen molar-refractivity contribution in [2.24, 2.45) is 5.41 Å². The Morgan fingerprint density at radius 2 is 1.68 bits per heavy atom. The second kappa shape index (κ2) is 9.38. The Kier molecular flexibility index (Phi) is 6.52. The molecule has 1 aromatic carbocycles. The number of piperidine rings is 1. The minimum atomic E-state index is -0.705. The van der Waals surface area contributed by atoms with E-state index in [-0.39, 0.29) is 28.6 Å². The van der Waals surface area contributed by atoms with Crippen LogP contribution in [0.3, 0.4) is 0 Å². The van der Waals surface area contributed by atoms with Gasteiger partial charge in [-0.3, -0.25) is 14.4 Å². The Labute approximate surface area is 199 Å². The molecule has 2 aromatic rings. The summed E-state index contributed by atoms with van der Waals surface area (Å²) in [5.41, 5.74) is 3.48. The van der Waals surface area contributed by atoms with Gasteiger partial charge < -0.3 is 9.64 Å². The van der Waals surface area contributed by atoms with Gasteiger partial charge in [-0.15, -0.1) is 16.1 Å². The van der Waals surface area contributed by atoms with Crippen LogP contribution < -0.4 is 4.74 Å². The summed E-state index contributed by atoms with van der Waals surface area (Å²) in [7, 11) is 1.49. The average molecular weight is 460 g/mol. The van der Waals surface area contributed by atoms with E-state index in [9.17, 15) is 14.4 Å². The summed E-state index contributed by atoms with van der Waals surface area (Å²) in [6.07, 6.45) is 1.97. The molecule has 2 fully saturated rings. The molecule has 0 radical (unpaired) electrons. The molecule has 0 atom stereocenters. The first-order valence-electron chi connectivity index (χ1n) is 11.5. The van der Waals surface area contributed by atoms with Gasteiger partial charge in [0, 0.05) is 37.6 Å². The van der Waals surface area contributed by atoms with Crippen LogP contribution in [0.15, 0.2) is 24.3 Å². The van der Waals surface area contributed by atoms with E-state index in [0.29, 0.717) is 44.7 Å². The van der Waals surface area contributed by atoms with E-state index >= 15 is 0 Å². The molecular weight excluding hydrogens is 430 g/mol. The third-order valence-corrected chi connectivity index (χ3v) is 7.07. The van der Waals surface area contributed by atoms with Crippen molar-refractivity contribution in [3.63, 3.8) is 0 Å². The first kappa shape index (κ1) is 23.6. The number of rotatable bonds is 3. The van der Waals surface area contributed by atoms with Crippen LogP contribution in [0.2, 0.25) is 0 Å². The Bertz CT molecular complexity index is 1160. The zero-order valence-electron chi connectivity index (χ0n) is 20.1. The second-order valence-electron chi connectivity index (χ2n) is 9.37. The molecule has 176 valence electrons. The fourth-order valence-corrected chi connectivity index (χ4v) is 5.40. The molecule has 1 aliphatic carbocycles. The average Bonchev–Trinajstić information content (AvgIpc) is 2.81. The maximum Gasteiger partial charge on any atom is 0.274 e. The van der Waals surface area contributed by atoms with Gasteiger partial charge in [-0.2, -0.15) is 0 Å². The first-order chi connectivity index (χ1) is 16.3. The zero-order chi connectivity index (χ0) is 24.5. The summed E-state index contributed by atoms with van der Waals surface area (Å²) in [5.74, 6) is 5.36. The number of aromatic nitrogens is 2. The highest BCUT2D eigenvalue weighted by Gasteiger charge is 2.48. The molecule has 4 rings (SSSR count). The second-order valence-corrected chi connectivity index (χ2v) is 9.37. The largest absolute Gasteiger partial charge is 0.480 e. The van der Waals surface area contributed by atoms with E-state index in [1.54, 1.807) is 24.0 Å². The minimum absolute atomic E-state index is 0.0161. The number of aryl methyl sites for hydroxylation is 2. The summed E-state index contributed by atoms with van der Waals surface area (Å²) in [5, 5.41) is 7.81. The van der Waals surface area contributed by atoms with Gasteiger partial charge in [0.15, 0.2) is 5.69 Å². The summed E-state index contributed by atoms with van der Waals surface area (Å²) in [6.45, 7) is 6.65. The van der Waals surface area contributed by atoms with Crippen LogP contribution in [0.1, 0.15) is 71.3 Å². The molecule has 7 nitrogen and oxygen atoms in total. The normalized spacial score (nSPS) is 17.9. The SMILES string of the molecule is CC#Cc1cc(C)c(C2C(=O)CC3(CCN(C(=O)c4ccc(OC)nn4)CC3)CC2=O)c(C)c1. The molecule has 1 aliphatic heterocycles. The van der Waals surface area contributed by atoms with E-state index in [1.807, 2.05) is 26.0 Å². The van der Waals surface area contributed by atoms with Crippen molar-refractivity contribution in [2.75, 3.05) is 20.2 Å². The summed E-state index contributed by atoms with van der Waals surface area (Å²) in [6, 6.07) is 7.11. The Morgan fingerprint density at radius 1 is 1.06 bits per heavy atom. The molecule has 1 aromatic heterocycles. The highest BCUT2D eigenvalue weighted by molar-refractivity contribution is 6.10. The lowest BCUT2D eigenvalue weighted by molar-refractivity contribution is -0.138. The molecule has 34 heavy (non-hydrogen) atoms. The standard InChI is InChI=1S/C27H29N3O4/c1-5-6-19-13-17(2)24(18(3)14-19)25-21(31)15-27(16-22(25)32)9-11-30(12-10-27)26(33)20-7-8-23(34-4)29-28-20/h7-8,13-14,25H,9-12,15-16H2,1-4H3. The van der Waals surface area contributed by atoms with Gasteiger partial charge in [-0.05, 0) is 73.9 Å². The number of nitrogens with zero attached hydrogens (tertiary/aromatic N) is 3. The number of carbonyl (C=O) groups excluding carboxylic acids is 3. The fraction of sp³-hybridized carbons (Fsp3) is 0.444. The van der Waals surface area contributed by atoms with Crippen LogP contribution in [-0.2, 0) is 9.59 Å². The van der Waals surface area contributed by atoms with E-state index < -0.39 is 5.92 Å². The highest BCUT2D eigenvalue weighted by Crippen LogP contribution is 2.46. The fourth-order valence-electron chi connectivity index (χ4n) is 5.40. The maximum atomic E-state index is 13.3. The van der Waals surface area contributed by atoms with Crippen molar-refractivity contribution in [3.05, 3.63) is 52.2 Å². The molecule has 0 bridgehead atoms. The zero-order valence-corrected chi connectivity index (χ0v) is 20.1. The summed E-state index contributed by atoms with van der Waals surface area (Å²) >= 11 is 0. The number of benzene rings is 1. The van der Waals surface area contributed by atoms with Crippen LogP contribution in [0.25, 0.3) is 0 Å². The number of hydrogen-bond acceptors (Lipinski definition) is 6. The summed E-state index contributed by atoms with van der Waals surface area (Å²) in [4.78, 5) is 41.2. The molecule has 0 N–H and O–H groups in total. The molecule has 2 aliphatic rings. The van der Waals surface area contributed by atoms with Crippen LogP contribution >= 0.6 is 0 Å². The number of ether oxygens (including phenoxy) is 1. The number of carbonyl (C=O) groups is 3. The molecule has 1 amide bonds. The van der Waals surface area contributed by atoms with Gasteiger partial charge in [-0.25, -0.2) is 0 Å². The lowest BCUT2D eigenvalue weighted by Crippen LogP contribution is -2.48. The molecule has 7 heteroatoms. The third-order valence-electron chi connectivity index (χ3n) is 7.07. The Balaban J connectivity index is 1.47. The van der Waals surface area contributed by atoms with Crippen molar-refractivity contribution >= 4 is 17.5 Å². The number of methoxy groups -OCH3 is 1. The van der Waals surface area contributed by atoms with Gasteiger partial charge in [0.2, 0.25) is 5.88 Å². The Morgan fingerprint density at radius 3 is 2.18 bits per heavy atom. The van der Waals surface area contributed by atoms with Crippen molar-refractivity contribution in [1.29, 1.82) is 0 Å². The van der Waals surface area contributed by atoms with Crippen molar-refractivity contribution in [2.45, 2.75) is 52.4 Å². The molecule has 1 saturated carbocycles.